The van der Waals surface area contributed by atoms with Crippen LogP contribution in [-0.4, -0.2) is 21.6 Å². The Bertz CT molecular complexity index is 683. The van der Waals surface area contributed by atoms with E-state index in [9.17, 15) is 18.0 Å². The van der Waals surface area contributed by atoms with Gasteiger partial charge in [0.25, 0.3) is 0 Å². The fourth-order valence-corrected chi connectivity index (χ4v) is 3.98. The van der Waals surface area contributed by atoms with E-state index in [1.54, 1.807) is 0 Å². The zero-order valence-corrected chi connectivity index (χ0v) is 13.9. The fraction of sp³-hybridized carbons (Fsp3) is 0.688. The summed E-state index contributed by atoms with van der Waals surface area (Å²) in [5.41, 5.74) is 4.94. The lowest BCUT2D eigenvalue weighted by molar-refractivity contribution is -0.145. The maximum atomic E-state index is 12.6. The molecule has 0 spiro atoms. The van der Waals surface area contributed by atoms with Gasteiger partial charge in [0.2, 0.25) is 0 Å². The molecule has 3 rings (SSSR count). The third-order valence-corrected chi connectivity index (χ3v) is 5.16. The number of aromatic nitrogens is 2. The highest BCUT2D eigenvalue weighted by atomic mass is 19.4. The number of nitrogens with two attached hydrogens (primary N) is 1. The van der Waals surface area contributed by atoms with Crippen LogP contribution in [0.5, 0.6) is 0 Å². The van der Waals surface area contributed by atoms with Crippen LogP contribution in [0.15, 0.2) is 11.2 Å². The molecule has 1 aromatic heterocycles. The van der Waals surface area contributed by atoms with E-state index in [0.29, 0.717) is 24.0 Å². The Morgan fingerprint density at radius 3 is 2.76 bits per heavy atom. The number of alkyl halides is 3. The van der Waals surface area contributed by atoms with Gasteiger partial charge in [-0.15, -0.1) is 0 Å². The summed E-state index contributed by atoms with van der Waals surface area (Å²) in [4.78, 5) is 16.7. The number of oxime groups is 1. The van der Waals surface area contributed by atoms with Crippen LogP contribution < -0.4 is 5.73 Å². The van der Waals surface area contributed by atoms with Crippen LogP contribution in [0.2, 0.25) is 0 Å². The van der Waals surface area contributed by atoms with E-state index in [1.807, 2.05) is 0 Å². The number of rotatable bonds is 5. The Morgan fingerprint density at radius 1 is 1.44 bits per heavy atom. The van der Waals surface area contributed by atoms with Gasteiger partial charge >= 0.3 is 12.1 Å². The standard InChI is InChI=1S/C16H21F3N4O2/c1-9-4-13(16(17,18)19)21-23(9)8-14(20)22-25-15(24)7-12-6-10-2-3-11(12)5-10/h4,10-12H,2-3,5-8H2,1H3,(H2,20,22)/t10-,11-,12+/m0/s1. The van der Waals surface area contributed by atoms with Crippen molar-refractivity contribution in [1.29, 1.82) is 0 Å². The van der Waals surface area contributed by atoms with Gasteiger partial charge < -0.3 is 10.6 Å². The predicted octanol–water partition coefficient (Wildman–Crippen LogP) is 2.85. The van der Waals surface area contributed by atoms with Crippen LogP contribution in [0.1, 0.15) is 43.5 Å². The van der Waals surface area contributed by atoms with Gasteiger partial charge in [-0.1, -0.05) is 11.6 Å². The molecule has 0 amide bonds. The summed E-state index contributed by atoms with van der Waals surface area (Å²) in [6.45, 7) is 1.31. The van der Waals surface area contributed by atoms with Crippen LogP contribution in [0, 0.1) is 24.7 Å². The van der Waals surface area contributed by atoms with Gasteiger partial charge in [0.05, 0.1) is 6.42 Å². The zero-order chi connectivity index (χ0) is 18.2. The summed E-state index contributed by atoms with van der Waals surface area (Å²) in [5, 5.41) is 6.99. The first kappa shape index (κ1) is 17.8. The SMILES string of the molecule is Cc1cc(C(F)(F)F)nn1C/C(N)=N\OC(=O)C[C@H]1C[C@H]2CC[C@H]1C2. The number of carbonyl (C=O) groups excluding carboxylic acids is 1. The highest BCUT2D eigenvalue weighted by Gasteiger charge is 2.40. The third-order valence-electron chi connectivity index (χ3n) is 5.16. The minimum Gasteiger partial charge on any atom is -0.383 e. The van der Waals surface area contributed by atoms with E-state index in [0.717, 1.165) is 23.1 Å². The molecule has 0 saturated heterocycles. The molecule has 1 aromatic rings. The molecule has 0 radical (unpaired) electrons. The zero-order valence-electron chi connectivity index (χ0n) is 13.9. The molecule has 9 heteroatoms. The van der Waals surface area contributed by atoms with Crippen molar-refractivity contribution in [2.24, 2.45) is 28.6 Å². The minimum absolute atomic E-state index is 0.110. The molecule has 2 bridgehead atoms. The average Bonchev–Trinajstić information content (AvgIpc) is 3.21. The number of fused-ring (bicyclic) bond motifs is 2. The molecule has 2 N–H and O–H groups in total. The Kier molecular flexibility index (Phi) is 4.75. The smallest absolute Gasteiger partial charge is 0.383 e. The van der Waals surface area contributed by atoms with Crippen molar-refractivity contribution in [3.05, 3.63) is 17.5 Å². The molecule has 0 aliphatic heterocycles. The van der Waals surface area contributed by atoms with Crippen molar-refractivity contribution in [2.75, 3.05) is 0 Å². The van der Waals surface area contributed by atoms with Crippen molar-refractivity contribution in [3.63, 3.8) is 0 Å². The maximum absolute atomic E-state index is 12.6. The van der Waals surface area contributed by atoms with Crippen molar-refractivity contribution in [3.8, 4) is 0 Å². The van der Waals surface area contributed by atoms with Crippen LogP contribution in [0.4, 0.5) is 13.2 Å². The molecule has 0 unspecified atom stereocenters. The van der Waals surface area contributed by atoms with Gasteiger partial charge in [0.15, 0.2) is 11.5 Å². The van der Waals surface area contributed by atoms with Gasteiger partial charge in [-0.05, 0) is 50.0 Å². The molecule has 6 nitrogen and oxygen atoms in total. The number of hydrogen-bond donors (Lipinski definition) is 1. The Balaban J connectivity index is 1.52. The first-order valence-electron chi connectivity index (χ1n) is 8.36. The fourth-order valence-electron chi connectivity index (χ4n) is 3.98. The first-order valence-corrected chi connectivity index (χ1v) is 8.36. The molecule has 25 heavy (non-hydrogen) atoms. The lowest BCUT2D eigenvalue weighted by atomic mass is 9.86. The summed E-state index contributed by atoms with van der Waals surface area (Å²) in [7, 11) is 0. The highest BCUT2D eigenvalue weighted by molar-refractivity contribution is 5.80. The number of nitrogens with zero attached hydrogens (tertiary/aromatic N) is 3. The quantitative estimate of drug-likeness (QED) is 0.380. The molecule has 1 heterocycles. The number of halogens is 3. The van der Waals surface area contributed by atoms with E-state index in [2.05, 4.69) is 10.3 Å². The normalized spacial score (nSPS) is 26.2. The second kappa shape index (κ2) is 6.68. The highest BCUT2D eigenvalue weighted by Crippen LogP contribution is 2.49. The van der Waals surface area contributed by atoms with Crippen LogP contribution in [0.25, 0.3) is 0 Å². The molecule has 2 aliphatic rings. The largest absolute Gasteiger partial charge is 0.435 e. The first-order chi connectivity index (χ1) is 11.7. The molecule has 2 saturated carbocycles. The molecule has 3 atom stereocenters. The molecular weight excluding hydrogens is 337 g/mol. The van der Waals surface area contributed by atoms with Crippen molar-refractivity contribution < 1.29 is 22.8 Å². The van der Waals surface area contributed by atoms with Crippen molar-refractivity contribution in [2.45, 2.75) is 51.7 Å². The molecule has 0 aromatic carbocycles. The lowest BCUT2D eigenvalue weighted by Gasteiger charge is -2.19. The molecular formula is C16H21F3N4O2. The Morgan fingerprint density at radius 2 is 2.20 bits per heavy atom. The van der Waals surface area contributed by atoms with Crippen LogP contribution in [-0.2, 0) is 22.4 Å². The summed E-state index contributed by atoms with van der Waals surface area (Å²) < 4.78 is 38.9. The average molecular weight is 358 g/mol. The summed E-state index contributed by atoms with van der Waals surface area (Å²) in [6.07, 6.45) is 0.486. The lowest BCUT2D eigenvalue weighted by Crippen LogP contribution is -2.23. The second-order valence-corrected chi connectivity index (χ2v) is 7.01. The van der Waals surface area contributed by atoms with Crippen molar-refractivity contribution in [1.82, 2.24) is 9.78 Å². The summed E-state index contributed by atoms with van der Waals surface area (Å²) in [6, 6.07) is 0.925. The van der Waals surface area contributed by atoms with Gasteiger partial charge in [-0.2, -0.15) is 18.3 Å². The Labute approximate surface area is 143 Å². The summed E-state index contributed by atoms with van der Waals surface area (Å²) >= 11 is 0. The van der Waals surface area contributed by atoms with Gasteiger partial charge in [-0.25, -0.2) is 4.79 Å². The van der Waals surface area contributed by atoms with E-state index < -0.39 is 17.8 Å². The van der Waals surface area contributed by atoms with Gasteiger partial charge in [-0.3, -0.25) is 4.68 Å². The number of aryl methyl sites for hydroxylation is 1. The Hall–Kier alpha value is -2.06. The molecule has 138 valence electrons. The van der Waals surface area contributed by atoms with Crippen molar-refractivity contribution >= 4 is 11.8 Å². The second-order valence-electron chi connectivity index (χ2n) is 7.01. The maximum Gasteiger partial charge on any atom is 0.435 e. The van der Waals surface area contributed by atoms with Crippen LogP contribution >= 0.6 is 0 Å². The van der Waals surface area contributed by atoms with Gasteiger partial charge in [0, 0.05) is 5.69 Å². The predicted molar refractivity (Wildman–Crippen MR) is 83.2 cm³/mol. The van der Waals surface area contributed by atoms with Crippen LogP contribution in [0.3, 0.4) is 0 Å². The monoisotopic (exact) mass is 358 g/mol. The number of amidine groups is 1. The molecule has 2 fully saturated rings. The third kappa shape index (κ3) is 4.13. The number of carbonyl (C=O) groups is 1. The summed E-state index contributed by atoms with van der Waals surface area (Å²) in [5.74, 6) is 1.13. The van der Waals surface area contributed by atoms with E-state index in [-0.39, 0.29) is 12.4 Å². The number of hydrogen-bond acceptors (Lipinski definition) is 4. The van der Waals surface area contributed by atoms with Gasteiger partial charge in [0.1, 0.15) is 6.54 Å². The van der Waals surface area contributed by atoms with E-state index in [4.69, 9.17) is 10.6 Å². The topological polar surface area (TPSA) is 82.5 Å². The van der Waals surface area contributed by atoms with E-state index >= 15 is 0 Å². The molecule has 2 aliphatic carbocycles. The van der Waals surface area contributed by atoms with E-state index in [1.165, 1.54) is 26.2 Å². The minimum atomic E-state index is -4.52.